The van der Waals surface area contributed by atoms with Crippen LogP contribution >= 0.6 is 0 Å². The van der Waals surface area contributed by atoms with Gasteiger partial charge in [-0.25, -0.2) is 8.42 Å². The van der Waals surface area contributed by atoms with Crippen molar-refractivity contribution in [1.82, 2.24) is 14.1 Å². The van der Waals surface area contributed by atoms with E-state index >= 15 is 0 Å². The minimum atomic E-state index is -3.78. The van der Waals surface area contributed by atoms with Gasteiger partial charge >= 0.3 is 0 Å². The Balaban J connectivity index is 1.37. The average molecular weight is 539 g/mol. The van der Waals surface area contributed by atoms with Crippen LogP contribution in [0.2, 0.25) is 0 Å². The van der Waals surface area contributed by atoms with Crippen LogP contribution in [0, 0.1) is 18.3 Å². The van der Waals surface area contributed by atoms with E-state index in [2.05, 4.69) is 16.3 Å². The monoisotopic (exact) mass is 538 g/mol. The number of anilines is 1. The van der Waals surface area contributed by atoms with Gasteiger partial charge in [0.05, 0.1) is 23.1 Å². The van der Waals surface area contributed by atoms with Crippen LogP contribution in [-0.4, -0.2) is 79.3 Å². The van der Waals surface area contributed by atoms with Gasteiger partial charge in [0.2, 0.25) is 15.9 Å². The molecule has 38 heavy (non-hydrogen) atoms. The van der Waals surface area contributed by atoms with Crippen LogP contribution in [0.4, 0.5) is 5.69 Å². The summed E-state index contributed by atoms with van der Waals surface area (Å²) in [5.41, 5.74) is 9.41. The molecule has 2 fully saturated rings. The molecule has 2 aromatic rings. The minimum Gasteiger partial charge on any atom is -0.328 e. The van der Waals surface area contributed by atoms with Crippen molar-refractivity contribution in [3.8, 4) is 6.07 Å². The Bertz CT molecular complexity index is 1290. The molecule has 2 heterocycles. The van der Waals surface area contributed by atoms with Gasteiger partial charge in [0, 0.05) is 43.4 Å². The number of sulfonamides is 1. The van der Waals surface area contributed by atoms with E-state index in [9.17, 15) is 18.5 Å². The maximum absolute atomic E-state index is 13.4. The molecular weight excluding hydrogens is 500 g/mol. The number of carbonyl (C=O) groups is 1. The summed E-state index contributed by atoms with van der Waals surface area (Å²) in [4.78, 5) is 17.5. The molecule has 0 spiro atoms. The quantitative estimate of drug-likeness (QED) is 0.555. The van der Waals surface area contributed by atoms with Gasteiger partial charge in [0.25, 0.3) is 0 Å². The first-order chi connectivity index (χ1) is 18.1. The second kappa shape index (κ2) is 11.9. The van der Waals surface area contributed by atoms with E-state index in [0.29, 0.717) is 24.7 Å². The van der Waals surface area contributed by atoms with Crippen LogP contribution in [0.3, 0.4) is 0 Å². The van der Waals surface area contributed by atoms with E-state index in [-0.39, 0.29) is 29.4 Å². The zero-order valence-corrected chi connectivity index (χ0v) is 23.2. The fourth-order valence-corrected chi connectivity index (χ4v) is 7.45. The molecule has 0 aromatic heterocycles. The van der Waals surface area contributed by atoms with E-state index < -0.39 is 10.0 Å². The van der Waals surface area contributed by atoms with Crippen LogP contribution in [0.5, 0.6) is 0 Å². The number of piperidine rings is 1. The van der Waals surface area contributed by atoms with E-state index in [4.69, 9.17) is 5.73 Å². The van der Waals surface area contributed by atoms with E-state index in [1.807, 2.05) is 43.9 Å². The Morgan fingerprint density at radius 2 is 1.74 bits per heavy atom. The first-order valence-corrected chi connectivity index (χ1v) is 14.6. The van der Waals surface area contributed by atoms with Gasteiger partial charge in [-0.1, -0.05) is 18.2 Å². The van der Waals surface area contributed by atoms with Crippen molar-refractivity contribution in [3.63, 3.8) is 0 Å². The maximum atomic E-state index is 13.4. The minimum absolute atomic E-state index is 0.115. The van der Waals surface area contributed by atoms with Crippen molar-refractivity contribution < 1.29 is 13.2 Å². The number of amides is 1. The van der Waals surface area contributed by atoms with Crippen LogP contribution in [0.1, 0.15) is 43.4 Å². The summed E-state index contributed by atoms with van der Waals surface area (Å²) in [6, 6.07) is 13.7. The summed E-state index contributed by atoms with van der Waals surface area (Å²) in [7, 11) is -3.78. The van der Waals surface area contributed by atoms with Crippen molar-refractivity contribution in [2.24, 2.45) is 5.73 Å². The van der Waals surface area contributed by atoms with Gasteiger partial charge in [-0.3, -0.25) is 14.6 Å². The van der Waals surface area contributed by atoms with Crippen LogP contribution < -0.4 is 11.1 Å². The third kappa shape index (κ3) is 6.42. The number of nitrogens with zero attached hydrogens (tertiary/aromatic N) is 4. The second-order valence-electron chi connectivity index (χ2n) is 10.6. The lowest BCUT2D eigenvalue weighted by atomic mass is 10.0. The summed E-state index contributed by atoms with van der Waals surface area (Å²) in [5.74, 6) is -0.119. The van der Waals surface area contributed by atoms with E-state index in [1.54, 1.807) is 12.1 Å². The third-order valence-electron chi connectivity index (χ3n) is 7.57. The smallest absolute Gasteiger partial charge is 0.243 e. The van der Waals surface area contributed by atoms with Crippen LogP contribution in [-0.2, 0) is 21.4 Å². The molecule has 2 aromatic carbocycles. The largest absolute Gasteiger partial charge is 0.328 e. The van der Waals surface area contributed by atoms with Crippen molar-refractivity contribution >= 4 is 21.6 Å². The predicted molar refractivity (Wildman–Crippen MR) is 148 cm³/mol. The fourth-order valence-electron chi connectivity index (χ4n) is 5.60. The van der Waals surface area contributed by atoms with Crippen LogP contribution in [0.15, 0.2) is 47.4 Å². The third-order valence-corrected chi connectivity index (χ3v) is 9.69. The summed E-state index contributed by atoms with van der Waals surface area (Å²) in [6.07, 6.45) is 2.01. The number of carbonyl (C=O) groups excluding carboxylic acids is 1. The molecule has 2 aliphatic heterocycles. The molecule has 0 unspecified atom stereocenters. The molecule has 2 saturated heterocycles. The highest BCUT2D eigenvalue weighted by molar-refractivity contribution is 7.89. The van der Waals surface area contributed by atoms with Gasteiger partial charge in [0.15, 0.2) is 0 Å². The number of rotatable bonds is 7. The van der Waals surface area contributed by atoms with Gasteiger partial charge in [-0.2, -0.15) is 9.57 Å². The molecule has 2 aliphatic rings. The van der Waals surface area contributed by atoms with Gasteiger partial charge in [-0.15, -0.1) is 0 Å². The number of hydrogen-bond acceptors (Lipinski definition) is 7. The number of hydrogen-bond donors (Lipinski definition) is 2. The maximum Gasteiger partial charge on any atom is 0.243 e. The number of nitrogens with two attached hydrogens (primary N) is 1. The molecule has 0 radical (unpaired) electrons. The number of benzene rings is 2. The zero-order valence-electron chi connectivity index (χ0n) is 22.4. The molecular formula is C28H38N6O3S. The molecule has 3 N–H and O–H groups in total. The first-order valence-electron chi connectivity index (χ1n) is 13.2. The Kier molecular flexibility index (Phi) is 8.85. The van der Waals surface area contributed by atoms with Crippen molar-refractivity contribution in [2.45, 2.75) is 63.2 Å². The second-order valence-corrected chi connectivity index (χ2v) is 12.5. The summed E-state index contributed by atoms with van der Waals surface area (Å²) >= 11 is 0. The molecule has 4 rings (SSSR count). The highest BCUT2D eigenvalue weighted by atomic mass is 32.2. The predicted octanol–water partition coefficient (Wildman–Crippen LogP) is 2.51. The normalized spacial score (nSPS) is 22.2. The average Bonchev–Trinajstić information content (AvgIpc) is 2.87. The molecule has 204 valence electrons. The molecule has 0 saturated carbocycles. The van der Waals surface area contributed by atoms with Gasteiger partial charge in [0.1, 0.15) is 0 Å². The zero-order chi connectivity index (χ0) is 27.4. The molecule has 0 aliphatic carbocycles. The standard InChI is InChI=1S/C28H38N6O3S/c1-20-16-33(17-21(2)34(20)38(36,37)26-8-4-6-23(14-26)15-29)19-28(35)31-27-9-5-7-24(22(27)3)18-32-12-10-25(30)11-13-32/h4-9,14,20-21,25H,10-13,16-19,30H2,1-3H3,(H,31,35)/t20-,21+. The lowest BCUT2D eigenvalue weighted by Gasteiger charge is -2.43. The number of likely N-dealkylation sites (tertiary alicyclic amines) is 1. The van der Waals surface area contributed by atoms with Gasteiger partial charge < -0.3 is 11.1 Å². The number of piperazine rings is 1. The number of nitriles is 1. The molecule has 9 nitrogen and oxygen atoms in total. The summed E-state index contributed by atoms with van der Waals surface area (Å²) in [6.45, 7) is 9.61. The topological polar surface area (TPSA) is 123 Å². The van der Waals surface area contributed by atoms with Crippen molar-refractivity contribution in [2.75, 3.05) is 38.0 Å². The van der Waals surface area contributed by atoms with E-state index in [0.717, 1.165) is 43.7 Å². The molecule has 1 amide bonds. The number of nitrogens with one attached hydrogen (secondary N) is 1. The Labute approximate surface area is 226 Å². The van der Waals surface area contributed by atoms with Crippen molar-refractivity contribution in [3.05, 3.63) is 59.2 Å². The highest BCUT2D eigenvalue weighted by Crippen LogP contribution is 2.26. The SMILES string of the molecule is Cc1c(CN2CCC(N)CC2)cccc1NC(=O)CN1C[C@@H](C)N(S(=O)(=O)c2cccc(C#N)c2)[C@@H](C)C1. The molecule has 10 heteroatoms. The lowest BCUT2D eigenvalue weighted by molar-refractivity contribution is -0.118. The molecule has 2 atom stereocenters. The molecule has 0 bridgehead atoms. The lowest BCUT2D eigenvalue weighted by Crippen LogP contribution is -2.59. The van der Waals surface area contributed by atoms with Crippen LogP contribution in [0.25, 0.3) is 0 Å². The summed E-state index contributed by atoms with van der Waals surface area (Å²) in [5, 5.41) is 12.2. The van der Waals surface area contributed by atoms with Crippen molar-refractivity contribution in [1.29, 1.82) is 5.26 Å². The Morgan fingerprint density at radius 1 is 1.08 bits per heavy atom. The first kappa shape index (κ1) is 28.2. The fraction of sp³-hybridized carbons (Fsp3) is 0.500. The highest BCUT2D eigenvalue weighted by Gasteiger charge is 2.39. The summed E-state index contributed by atoms with van der Waals surface area (Å²) < 4.78 is 28.3. The Morgan fingerprint density at radius 3 is 2.39 bits per heavy atom. The van der Waals surface area contributed by atoms with E-state index in [1.165, 1.54) is 22.0 Å². The Hall–Kier alpha value is -2.81. The van der Waals surface area contributed by atoms with Gasteiger partial charge in [-0.05, 0) is 82.1 Å².